The van der Waals surface area contributed by atoms with Crippen LogP contribution < -0.4 is 10.0 Å². The number of sulfonamides is 1. The fourth-order valence-corrected chi connectivity index (χ4v) is 4.01. The maximum absolute atomic E-state index is 12.5. The van der Waals surface area contributed by atoms with Crippen LogP contribution in [0.4, 0.5) is 11.4 Å². The molecule has 0 heterocycles. The molecule has 0 aliphatic carbocycles. The third-order valence-corrected chi connectivity index (χ3v) is 5.83. The molecule has 0 aromatic heterocycles. The number of nitro groups is 1. The Bertz CT molecular complexity index is 1070. The zero-order chi connectivity index (χ0) is 23.2. The van der Waals surface area contributed by atoms with Gasteiger partial charge < -0.3 is 10.1 Å². The first-order chi connectivity index (χ1) is 14.5. The van der Waals surface area contributed by atoms with Crippen molar-refractivity contribution in [1.29, 1.82) is 0 Å². The van der Waals surface area contributed by atoms with E-state index < -0.39 is 45.4 Å². The summed E-state index contributed by atoms with van der Waals surface area (Å²) in [6.07, 6.45) is 0. The van der Waals surface area contributed by atoms with Gasteiger partial charge in [-0.15, -0.1) is 0 Å². The van der Waals surface area contributed by atoms with Gasteiger partial charge in [-0.05, 0) is 31.0 Å². The highest BCUT2D eigenvalue weighted by Gasteiger charge is 2.30. The van der Waals surface area contributed by atoms with E-state index in [0.29, 0.717) is 0 Å². The van der Waals surface area contributed by atoms with E-state index in [4.69, 9.17) is 4.74 Å². The van der Waals surface area contributed by atoms with Gasteiger partial charge in [0.25, 0.3) is 11.6 Å². The molecule has 31 heavy (non-hydrogen) atoms. The molecule has 0 aliphatic heterocycles. The third kappa shape index (κ3) is 6.33. The zero-order valence-electron chi connectivity index (χ0n) is 17.2. The number of hydrogen-bond acceptors (Lipinski definition) is 7. The number of hydrogen-bond donors (Lipinski definition) is 2. The Morgan fingerprint density at radius 3 is 2.32 bits per heavy atom. The summed E-state index contributed by atoms with van der Waals surface area (Å²) in [5.41, 5.74) is 0.299. The lowest BCUT2D eigenvalue weighted by atomic mass is 10.1. The van der Waals surface area contributed by atoms with Crippen LogP contribution in [0.15, 0.2) is 53.4 Å². The Balaban J connectivity index is 2.03. The van der Waals surface area contributed by atoms with E-state index in [1.807, 2.05) is 0 Å². The lowest BCUT2D eigenvalue weighted by Gasteiger charge is -2.20. The third-order valence-electron chi connectivity index (χ3n) is 4.38. The number of esters is 1. The number of nitrogens with zero attached hydrogens (tertiary/aromatic N) is 1. The maximum Gasteiger partial charge on any atom is 0.324 e. The number of carbonyl (C=O) groups excluding carboxylic acids is 2. The molecule has 0 saturated heterocycles. The number of rotatable bonds is 9. The van der Waals surface area contributed by atoms with Gasteiger partial charge in [0.15, 0.2) is 6.61 Å². The molecular formula is C20H23N3O7S. The largest absolute Gasteiger partial charge is 0.454 e. The molecule has 2 rings (SSSR count). The monoisotopic (exact) mass is 449 g/mol. The summed E-state index contributed by atoms with van der Waals surface area (Å²) in [4.78, 5) is 35.0. The van der Waals surface area contributed by atoms with E-state index in [9.17, 15) is 28.1 Å². The van der Waals surface area contributed by atoms with Crippen LogP contribution in [0.2, 0.25) is 0 Å². The minimum atomic E-state index is -3.97. The molecule has 2 N–H and O–H groups in total. The summed E-state index contributed by atoms with van der Waals surface area (Å²) in [7, 11) is -3.97. The number of benzene rings is 2. The molecule has 2 aromatic carbocycles. The summed E-state index contributed by atoms with van der Waals surface area (Å²) < 4.78 is 32.3. The van der Waals surface area contributed by atoms with Gasteiger partial charge in [0.2, 0.25) is 10.0 Å². The van der Waals surface area contributed by atoms with Crippen LogP contribution in [-0.4, -0.2) is 37.9 Å². The fourth-order valence-electron chi connectivity index (χ4n) is 2.66. The normalized spacial score (nSPS) is 12.3. The summed E-state index contributed by atoms with van der Waals surface area (Å²) in [6.45, 7) is 4.06. The lowest BCUT2D eigenvalue weighted by Crippen LogP contribution is -2.45. The van der Waals surface area contributed by atoms with Crippen molar-refractivity contribution in [2.24, 2.45) is 5.92 Å². The van der Waals surface area contributed by atoms with Crippen LogP contribution in [0, 0.1) is 23.0 Å². The van der Waals surface area contributed by atoms with Crippen molar-refractivity contribution >= 4 is 33.3 Å². The predicted molar refractivity (Wildman–Crippen MR) is 113 cm³/mol. The average molecular weight is 449 g/mol. The van der Waals surface area contributed by atoms with E-state index in [1.165, 1.54) is 37.3 Å². The van der Waals surface area contributed by atoms with Crippen molar-refractivity contribution < 1.29 is 27.7 Å². The summed E-state index contributed by atoms with van der Waals surface area (Å²) >= 11 is 0. The number of nitrogens with one attached hydrogen (secondary N) is 2. The van der Waals surface area contributed by atoms with Crippen LogP contribution in [0.1, 0.15) is 19.4 Å². The number of amides is 1. The van der Waals surface area contributed by atoms with Gasteiger partial charge in [0.1, 0.15) is 6.04 Å². The highest BCUT2D eigenvalue weighted by Crippen LogP contribution is 2.25. The molecule has 1 amide bonds. The van der Waals surface area contributed by atoms with Crippen LogP contribution in [0.3, 0.4) is 0 Å². The molecule has 11 heteroatoms. The van der Waals surface area contributed by atoms with Gasteiger partial charge in [-0.25, -0.2) is 8.42 Å². The summed E-state index contributed by atoms with van der Waals surface area (Å²) in [5.74, 6) is -2.08. The Kier molecular flexibility index (Phi) is 7.83. The summed E-state index contributed by atoms with van der Waals surface area (Å²) in [6, 6.07) is 10.5. The molecule has 0 bridgehead atoms. The highest BCUT2D eigenvalue weighted by atomic mass is 32.2. The molecule has 10 nitrogen and oxygen atoms in total. The van der Waals surface area contributed by atoms with Crippen LogP contribution in [-0.2, 0) is 24.3 Å². The molecule has 0 fully saturated rings. The van der Waals surface area contributed by atoms with Crippen LogP contribution in [0.25, 0.3) is 0 Å². The molecule has 0 aliphatic rings. The van der Waals surface area contributed by atoms with Crippen molar-refractivity contribution in [2.45, 2.75) is 31.7 Å². The van der Waals surface area contributed by atoms with E-state index in [2.05, 4.69) is 10.0 Å². The first-order valence-electron chi connectivity index (χ1n) is 9.31. The molecular weight excluding hydrogens is 426 g/mol. The van der Waals surface area contributed by atoms with Gasteiger partial charge >= 0.3 is 5.97 Å². The first-order valence-corrected chi connectivity index (χ1v) is 10.8. The molecule has 1 atom stereocenters. The smallest absolute Gasteiger partial charge is 0.324 e. The van der Waals surface area contributed by atoms with Crippen molar-refractivity contribution in [3.8, 4) is 0 Å². The molecule has 166 valence electrons. The Hall–Kier alpha value is -3.31. The fraction of sp³-hybridized carbons (Fsp3) is 0.300. The van der Waals surface area contributed by atoms with E-state index >= 15 is 0 Å². The maximum atomic E-state index is 12.5. The van der Waals surface area contributed by atoms with E-state index in [0.717, 1.165) is 0 Å². The zero-order valence-corrected chi connectivity index (χ0v) is 18.0. The van der Waals surface area contributed by atoms with Crippen molar-refractivity contribution in [3.05, 3.63) is 64.2 Å². The minimum Gasteiger partial charge on any atom is -0.454 e. The van der Waals surface area contributed by atoms with Gasteiger partial charge in [0, 0.05) is 6.07 Å². The Morgan fingerprint density at radius 1 is 1.10 bits per heavy atom. The second-order valence-corrected chi connectivity index (χ2v) is 8.73. The second kappa shape index (κ2) is 10.1. The average Bonchev–Trinajstić information content (AvgIpc) is 2.72. The molecule has 0 radical (unpaired) electrons. The quantitative estimate of drug-likeness (QED) is 0.340. The standard InChI is InChI=1S/C20H23N3O7S/c1-13(2)19(22-31(28,29)15-8-5-4-6-9-15)20(25)30-12-18(24)21-16-10-7-11-17(14(16)3)23(26)27/h4-11,13,19,22H,12H2,1-3H3,(H,21,24)/t19-/m1/s1. The minimum absolute atomic E-state index is 0.00709. The van der Waals surface area contributed by atoms with Gasteiger partial charge in [-0.3, -0.25) is 19.7 Å². The predicted octanol–water partition coefficient (Wildman–Crippen LogP) is 2.39. The van der Waals surface area contributed by atoms with Gasteiger partial charge in [-0.1, -0.05) is 38.1 Å². The number of carbonyl (C=O) groups is 2. The first kappa shape index (κ1) is 24.0. The summed E-state index contributed by atoms with van der Waals surface area (Å²) in [5, 5.41) is 13.4. The van der Waals surface area contributed by atoms with Crippen LogP contribution >= 0.6 is 0 Å². The van der Waals surface area contributed by atoms with Crippen LogP contribution in [0.5, 0.6) is 0 Å². The number of anilines is 1. The lowest BCUT2D eigenvalue weighted by molar-refractivity contribution is -0.385. The highest BCUT2D eigenvalue weighted by molar-refractivity contribution is 7.89. The van der Waals surface area contributed by atoms with Gasteiger partial charge in [0.05, 0.1) is 21.1 Å². The second-order valence-electron chi connectivity index (χ2n) is 7.02. The topological polar surface area (TPSA) is 145 Å². The van der Waals surface area contributed by atoms with E-state index in [1.54, 1.807) is 32.0 Å². The Labute approximate surface area is 179 Å². The number of ether oxygens (including phenoxy) is 1. The van der Waals surface area contributed by atoms with Crippen molar-refractivity contribution in [1.82, 2.24) is 4.72 Å². The van der Waals surface area contributed by atoms with Crippen molar-refractivity contribution in [3.63, 3.8) is 0 Å². The molecule has 0 saturated carbocycles. The number of nitro benzene ring substituents is 1. The SMILES string of the molecule is Cc1c(NC(=O)COC(=O)[C@H](NS(=O)(=O)c2ccccc2)C(C)C)cccc1[N+](=O)[O-]. The molecule has 0 spiro atoms. The van der Waals surface area contributed by atoms with Crippen molar-refractivity contribution in [2.75, 3.05) is 11.9 Å². The van der Waals surface area contributed by atoms with E-state index in [-0.39, 0.29) is 21.8 Å². The van der Waals surface area contributed by atoms with Gasteiger partial charge in [-0.2, -0.15) is 4.72 Å². The molecule has 2 aromatic rings. The Morgan fingerprint density at radius 2 is 1.74 bits per heavy atom. The molecule has 0 unspecified atom stereocenters.